The first-order valence-corrected chi connectivity index (χ1v) is 6.35. The van der Waals surface area contributed by atoms with E-state index in [4.69, 9.17) is 5.11 Å². The molecule has 2 N–H and O–H groups in total. The molecule has 0 fully saturated rings. The Hall–Kier alpha value is -3.49. The number of carbonyl (C=O) groups is 2. The van der Waals surface area contributed by atoms with Gasteiger partial charge in [-0.3, -0.25) is 24.3 Å². The highest BCUT2D eigenvalue weighted by atomic mass is 16.6. The number of amides is 1. The van der Waals surface area contributed by atoms with Gasteiger partial charge in [0, 0.05) is 17.8 Å². The summed E-state index contributed by atoms with van der Waals surface area (Å²) in [5.74, 6) is -1.67. The van der Waals surface area contributed by atoms with Gasteiger partial charge in [-0.25, -0.2) is 4.79 Å². The zero-order chi connectivity index (χ0) is 17.0. The van der Waals surface area contributed by atoms with Crippen molar-refractivity contribution in [3.05, 3.63) is 68.6 Å². The number of hydrogen-bond donors (Lipinski definition) is 2. The van der Waals surface area contributed by atoms with E-state index in [1.54, 1.807) is 0 Å². The number of nitrogens with zero attached hydrogens (tertiary/aromatic N) is 2. The van der Waals surface area contributed by atoms with Gasteiger partial charge in [-0.15, -0.1) is 0 Å². The second-order valence-corrected chi connectivity index (χ2v) is 4.54. The molecule has 0 aliphatic heterocycles. The predicted molar refractivity (Wildman–Crippen MR) is 79.4 cm³/mol. The molecule has 9 heteroatoms. The fourth-order valence-corrected chi connectivity index (χ4v) is 1.80. The highest BCUT2D eigenvalue weighted by Crippen LogP contribution is 2.10. The minimum Gasteiger partial charge on any atom is -0.478 e. The third-order valence-electron chi connectivity index (χ3n) is 2.91. The van der Waals surface area contributed by atoms with E-state index in [1.165, 1.54) is 24.3 Å². The van der Waals surface area contributed by atoms with Crippen LogP contribution in [0.3, 0.4) is 0 Å². The first-order chi connectivity index (χ1) is 10.9. The Kier molecular flexibility index (Phi) is 4.50. The SMILES string of the molecule is O=C(Cn1cc([N+](=O)[O-])ccc1=O)Nc1ccc(C(=O)O)cc1. The lowest BCUT2D eigenvalue weighted by molar-refractivity contribution is -0.385. The van der Waals surface area contributed by atoms with Gasteiger partial charge in [0.25, 0.3) is 11.2 Å². The summed E-state index contributed by atoms with van der Waals surface area (Å²) in [5.41, 5.74) is -0.438. The molecule has 0 aliphatic carbocycles. The second-order valence-electron chi connectivity index (χ2n) is 4.54. The number of carboxylic acids is 1. The smallest absolute Gasteiger partial charge is 0.335 e. The average molecular weight is 317 g/mol. The monoisotopic (exact) mass is 317 g/mol. The van der Waals surface area contributed by atoms with Gasteiger partial charge in [-0.1, -0.05) is 0 Å². The van der Waals surface area contributed by atoms with Crippen LogP contribution in [-0.4, -0.2) is 26.5 Å². The number of benzene rings is 1. The van der Waals surface area contributed by atoms with Gasteiger partial charge in [0.15, 0.2) is 0 Å². The molecule has 0 spiro atoms. The van der Waals surface area contributed by atoms with E-state index in [9.17, 15) is 24.5 Å². The number of aromatic carboxylic acids is 1. The predicted octanol–water partition coefficient (Wildman–Crippen LogP) is 1.09. The summed E-state index contributed by atoms with van der Waals surface area (Å²) in [4.78, 5) is 44.2. The molecule has 2 rings (SSSR count). The third-order valence-corrected chi connectivity index (χ3v) is 2.91. The Balaban J connectivity index is 2.10. The number of nitrogens with one attached hydrogen (secondary N) is 1. The lowest BCUT2D eigenvalue weighted by Gasteiger charge is -2.07. The Morgan fingerprint density at radius 1 is 1.17 bits per heavy atom. The summed E-state index contributed by atoms with van der Waals surface area (Å²) in [7, 11) is 0. The highest BCUT2D eigenvalue weighted by Gasteiger charge is 2.11. The van der Waals surface area contributed by atoms with Crippen molar-refractivity contribution in [1.82, 2.24) is 4.57 Å². The van der Waals surface area contributed by atoms with Crippen LogP contribution < -0.4 is 10.9 Å². The number of anilines is 1. The number of carboxylic acid groups (broad SMARTS) is 1. The zero-order valence-corrected chi connectivity index (χ0v) is 11.6. The zero-order valence-electron chi connectivity index (χ0n) is 11.6. The fourth-order valence-electron chi connectivity index (χ4n) is 1.80. The molecule has 0 unspecified atom stereocenters. The van der Waals surface area contributed by atoms with Crippen molar-refractivity contribution in [3.8, 4) is 0 Å². The van der Waals surface area contributed by atoms with Gasteiger partial charge in [0.1, 0.15) is 6.54 Å². The average Bonchev–Trinajstić information content (AvgIpc) is 2.49. The van der Waals surface area contributed by atoms with Crippen molar-refractivity contribution >= 4 is 23.3 Å². The number of carbonyl (C=O) groups excluding carboxylic acids is 1. The normalized spacial score (nSPS) is 10.1. The Morgan fingerprint density at radius 3 is 2.39 bits per heavy atom. The van der Waals surface area contributed by atoms with Crippen LogP contribution in [-0.2, 0) is 11.3 Å². The summed E-state index contributed by atoms with van der Waals surface area (Å²) in [6.07, 6.45) is 0.982. The van der Waals surface area contributed by atoms with Gasteiger partial charge >= 0.3 is 5.97 Å². The summed E-state index contributed by atoms with van der Waals surface area (Å²) in [6, 6.07) is 7.50. The van der Waals surface area contributed by atoms with Crippen molar-refractivity contribution in [1.29, 1.82) is 0 Å². The Morgan fingerprint density at radius 2 is 1.83 bits per heavy atom. The molecule has 0 saturated carbocycles. The molecule has 0 bridgehead atoms. The van der Waals surface area contributed by atoms with Crippen LogP contribution in [0.1, 0.15) is 10.4 Å². The van der Waals surface area contributed by atoms with Crippen molar-refractivity contribution in [2.75, 3.05) is 5.32 Å². The van der Waals surface area contributed by atoms with Gasteiger partial charge in [0.05, 0.1) is 16.7 Å². The van der Waals surface area contributed by atoms with Gasteiger partial charge in [-0.2, -0.15) is 0 Å². The minimum absolute atomic E-state index is 0.0675. The number of hydrogen-bond acceptors (Lipinski definition) is 5. The molecule has 1 aromatic carbocycles. The van der Waals surface area contributed by atoms with Crippen LogP contribution in [0.2, 0.25) is 0 Å². The van der Waals surface area contributed by atoms with Crippen LogP contribution in [0.25, 0.3) is 0 Å². The number of rotatable bonds is 5. The lowest BCUT2D eigenvalue weighted by Crippen LogP contribution is -2.26. The summed E-state index contributed by atoms with van der Waals surface area (Å²) < 4.78 is 0.916. The Bertz CT molecular complexity index is 825. The summed E-state index contributed by atoms with van der Waals surface area (Å²) in [5, 5.41) is 21.9. The lowest BCUT2D eigenvalue weighted by atomic mass is 10.2. The van der Waals surface area contributed by atoms with E-state index in [2.05, 4.69) is 5.32 Å². The molecule has 118 valence electrons. The summed E-state index contributed by atoms with van der Waals surface area (Å²) >= 11 is 0. The number of nitro groups is 1. The van der Waals surface area contributed by atoms with E-state index in [-0.39, 0.29) is 11.3 Å². The Labute approximate surface area is 128 Å². The van der Waals surface area contributed by atoms with Crippen molar-refractivity contribution in [2.45, 2.75) is 6.54 Å². The van der Waals surface area contributed by atoms with Gasteiger partial charge in [0.2, 0.25) is 5.91 Å². The standard InChI is InChI=1S/C14H11N3O6/c18-12(15-10-3-1-9(2-4-10)14(20)21)8-16-7-11(17(22)23)5-6-13(16)19/h1-7H,8H2,(H,15,18)(H,20,21). The van der Waals surface area contributed by atoms with Crippen LogP contribution in [0.15, 0.2) is 47.4 Å². The molecule has 9 nitrogen and oxygen atoms in total. The van der Waals surface area contributed by atoms with Gasteiger partial charge < -0.3 is 10.4 Å². The maximum atomic E-state index is 11.9. The fraction of sp³-hybridized carbons (Fsp3) is 0.0714. The third kappa shape index (κ3) is 4.00. The molecule has 1 amide bonds. The maximum absolute atomic E-state index is 11.9. The van der Waals surface area contributed by atoms with Crippen LogP contribution in [0.4, 0.5) is 11.4 Å². The molecule has 0 saturated heterocycles. The molecule has 23 heavy (non-hydrogen) atoms. The molecule has 0 atom stereocenters. The van der Waals surface area contributed by atoms with Crippen molar-refractivity contribution in [3.63, 3.8) is 0 Å². The topological polar surface area (TPSA) is 132 Å². The molecule has 1 heterocycles. The molecule has 0 radical (unpaired) electrons. The highest BCUT2D eigenvalue weighted by molar-refractivity contribution is 5.92. The van der Waals surface area contributed by atoms with E-state index in [0.717, 1.165) is 22.9 Å². The molecule has 1 aromatic heterocycles. The molecule has 0 aliphatic rings. The summed E-state index contributed by atoms with van der Waals surface area (Å²) in [6.45, 7) is -0.402. The minimum atomic E-state index is -1.09. The van der Waals surface area contributed by atoms with Crippen LogP contribution >= 0.6 is 0 Å². The molecular formula is C14H11N3O6. The van der Waals surface area contributed by atoms with E-state index in [0.29, 0.717) is 5.69 Å². The van der Waals surface area contributed by atoms with Crippen molar-refractivity contribution < 1.29 is 19.6 Å². The van der Waals surface area contributed by atoms with E-state index < -0.39 is 28.9 Å². The van der Waals surface area contributed by atoms with Crippen LogP contribution in [0.5, 0.6) is 0 Å². The quantitative estimate of drug-likeness (QED) is 0.627. The van der Waals surface area contributed by atoms with Crippen molar-refractivity contribution in [2.24, 2.45) is 0 Å². The van der Waals surface area contributed by atoms with Crippen LogP contribution in [0, 0.1) is 10.1 Å². The molecular weight excluding hydrogens is 306 g/mol. The first kappa shape index (κ1) is 15.9. The number of aromatic nitrogens is 1. The largest absolute Gasteiger partial charge is 0.478 e. The number of pyridine rings is 1. The van der Waals surface area contributed by atoms with Gasteiger partial charge in [-0.05, 0) is 24.3 Å². The maximum Gasteiger partial charge on any atom is 0.335 e. The second kappa shape index (κ2) is 6.52. The van der Waals surface area contributed by atoms with E-state index >= 15 is 0 Å². The molecule has 2 aromatic rings. The van der Waals surface area contributed by atoms with E-state index in [1.807, 2.05) is 0 Å². The first-order valence-electron chi connectivity index (χ1n) is 6.35.